The molecule has 3 heterocycles. The van der Waals surface area contributed by atoms with E-state index in [4.69, 9.17) is 0 Å². The Balaban J connectivity index is 0.000000207. The fourth-order valence-electron chi connectivity index (χ4n) is 3.14. The van der Waals surface area contributed by atoms with Crippen LogP contribution in [0.3, 0.4) is 0 Å². The largest absolute Gasteiger partial charge is 0.343 e. The molecule has 160 valence electrons. The summed E-state index contributed by atoms with van der Waals surface area (Å²) in [7, 11) is 0. The number of aryl methyl sites for hydroxylation is 2. The second kappa shape index (κ2) is 11.6. The number of Topliss-reactive ketones (excluding diaryl/α,β-unsaturated/α-hetero) is 1. The summed E-state index contributed by atoms with van der Waals surface area (Å²) in [5.74, 6) is 0.511. The molecule has 30 heavy (non-hydrogen) atoms. The zero-order chi connectivity index (χ0) is 22.1. The lowest BCUT2D eigenvalue weighted by molar-refractivity contribution is -0.127. The number of ketones is 1. The predicted molar refractivity (Wildman–Crippen MR) is 125 cm³/mol. The third-order valence-corrected chi connectivity index (χ3v) is 5.30. The number of pyridine rings is 1. The van der Waals surface area contributed by atoms with Crippen molar-refractivity contribution in [1.82, 2.24) is 14.9 Å². The fraction of sp³-hybridized carbons (Fsp3) is 0.417. The van der Waals surface area contributed by atoms with Crippen LogP contribution in [-0.4, -0.2) is 39.6 Å². The van der Waals surface area contributed by atoms with Crippen LogP contribution in [-0.2, 0) is 9.59 Å². The van der Waals surface area contributed by atoms with Gasteiger partial charge in [0.1, 0.15) is 5.78 Å². The molecule has 1 amide bonds. The topological polar surface area (TPSA) is 63.2 Å². The molecule has 1 aromatic carbocycles. The Labute approximate surface area is 183 Å². The number of carbonyl (C=O) groups is 2. The highest BCUT2D eigenvalue weighted by Crippen LogP contribution is 2.27. The molecule has 4 rings (SSSR count). The molecule has 0 unspecified atom stereocenters. The maximum atomic E-state index is 10.9. The molecule has 0 saturated carbocycles. The van der Waals surface area contributed by atoms with Gasteiger partial charge in [-0.1, -0.05) is 13.0 Å². The number of benzene rings is 1. The van der Waals surface area contributed by atoms with E-state index in [1.165, 1.54) is 29.7 Å². The summed E-state index contributed by atoms with van der Waals surface area (Å²) in [5, 5.41) is 1.11. The molecule has 1 aliphatic heterocycles. The maximum Gasteiger partial charge on any atom is 0.222 e. The molecular weight excluding hydrogens is 394 g/mol. The van der Waals surface area contributed by atoms with E-state index in [-0.39, 0.29) is 5.78 Å². The van der Waals surface area contributed by atoms with Gasteiger partial charge in [0.2, 0.25) is 5.91 Å². The Kier molecular flexibility index (Phi) is 9.12. The molecule has 0 bridgehead atoms. The molecule has 0 spiro atoms. The second-order valence-electron chi connectivity index (χ2n) is 7.56. The van der Waals surface area contributed by atoms with Gasteiger partial charge in [0.15, 0.2) is 0 Å². The number of carbonyl (C=O) groups excluding carboxylic acids is 2. The number of hydrogen-bond acceptors (Lipinski definition) is 5. The molecule has 5 nitrogen and oxygen atoms in total. The van der Waals surface area contributed by atoms with Gasteiger partial charge in [-0.2, -0.15) is 0 Å². The van der Waals surface area contributed by atoms with Gasteiger partial charge >= 0.3 is 0 Å². The fourth-order valence-corrected chi connectivity index (χ4v) is 4.01. The quantitative estimate of drug-likeness (QED) is 0.549. The minimum Gasteiger partial charge on any atom is -0.343 e. The van der Waals surface area contributed by atoms with Crippen molar-refractivity contribution in [2.45, 2.75) is 53.9 Å². The van der Waals surface area contributed by atoms with Gasteiger partial charge in [-0.3, -0.25) is 9.78 Å². The van der Waals surface area contributed by atoms with Crippen LogP contribution in [0.5, 0.6) is 0 Å². The molecule has 3 aromatic rings. The number of thiazole rings is 1. The number of aromatic nitrogens is 2. The summed E-state index contributed by atoms with van der Waals surface area (Å²) >= 11 is 1.73. The van der Waals surface area contributed by atoms with Crippen molar-refractivity contribution < 1.29 is 9.59 Å². The van der Waals surface area contributed by atoms with Crippen LogP contribution in [0.15, 0.2) is 36.7 Å². The monoisotopic (exact) mass is 425 g/mol. The average molecular weight is 426 g/mol. The maximum absolute atomic E-state index is 10.9. The minimum atomic E-state index is 0.167. The summed E-state index contributed by atoms with van der Waals surface area (Å²) < 4.78 is 1.24. The van der Waals surface area contributed by atoms with Crippen LogP contribution in [0.2, 0.25) is 0 Å². The molecule has 0 radical (unpaired) electrons. The molecule has 1 aliphatic rings. The number of fused-ring (bicyclic) bond motifs is 1. The van der Waals surface area contributed by atoms with Crippen molar-refractivity contribution in [2.24, 2.45) is 0 Å². The third-order valence-electron chi connectivity index (χ3n) is 4.37. The first-order chi connectivity index (χ1) is 14.3. The summed E-state index contributed by atoms with van der Waals surface area (Å²) in [6, 6.07) is 8.53. The first kappa shape index (κ1) is 23.7. The molecular formula is C24H31N3O2S. The lowest BCUT2D eigenvalue weighted by Crippen LogP contribution is -2.24. The zero-order valence-electron chi connectivity index (χ0n) is 18.6. The number of amides is 1. The Hall–Kier alpha value is -2.60. The van der Waals surface area contributed by atoms with Crippen molar-refractivity contribution in [3.8, 4) is 11.1 Å². The van der Waals surface area contributed by atoms with Gasteiger partial charge < -0.3 is 9.69 Å². The standard InChI is InChI=1S/C14H12N2S.C7H13NO.C3H6O/c1-9-5-12(8-15-7-9)11-3-4-13-14(6-11)17-10(2)16-13;1-2-5-8-6-3-4-7(8)9;1-3(2)4/h3-8H,1-2H3;2-6H2,1H3;1-2H3. The lowest BCUT2D eigenvalue weighted by atomic mass is 10.1. The van der Waals surface area contributed by atoms with Crippen molar-refractivity contribution in [2.75, 3.05) is 13.1 Å². The predicted octanol–water partition coefficient (Wildman–Crippen LogP) is 5.59. The van der Waals surface area contributed by atoms with Crippen LogP contribution in [0, 0.1) is 13.8 Å². The summed E-state index contributed by atoms with van der Waals surface area (Å²) in [4.78, 5) is 31.0. The first-order valence-electron chi connectivity index (χ1n) is 10.3. The summed E-state index contributed by atoms with van der Waals surface area (Å²) in [6.45, 7) is 11.2. The highest BCUT2D eigenvalue weighted by molar-refractivity contribution is 7.18. The van der Waals surface area contributed by atoms with E-state index in [0.29, 0.717) is 5.91 Å². The van der Waals surface area contributed by atoms with E-state index in [1.807, 2.05) is 24.2 Å². The van der Waals surface area contributed by atoms with Gasteiger partial charge in [0.05, 0.1) is 15.2 Å². The molecule has 0 N–H and O–H groups in total. The highest BCUT2D eigenvalue weighted by Gasteiger charge is 2.18. The van der Waals surface area contributed by atoms with Crippen molar-refractivity contribution in [3.05, 3.63) is 47.2 Å². The van der Waals surface area contributed by atoms with E-state index >= 15 is 0 Å². The van der Waals surface area contributed by atoms with Crippen molar-refractivity contribution >= 4 is 33.2 Å². The highest BCUT2D eigenvalue weighted by atomic mass is 32.1. The van der Waals surface area contributed by atoms with E-state index in [2.05, 4.69) is 48.1 Å². The van der Waals surface area contributed by atoms with Crippen LogP contribution in [0.4, 0.5) is 0 Å². The minimum absolute atomic E-state index is 0.167. The molecule has 0 atom stereocenters. The normalized spacial score (nSPS) is 12.8. The summed E-state index contributed by atoms with van der Waals surface area (Å²) in [5.41, 5.74) is 4.63. The number of rotatable bonds is 3. The number of likely N-dealkylation sites (tertiary alicyclic amines) is 1. The van der Waals surface area contributed by atoms with Crippen molar-refractivity contribution in [1.29, 1.82) is 0 Å². The SMILES string of the molecule is CC(C)=O.CCCN1CCCC1=O.Cc1cncc(-c2ccc3nc(C)sc3c2)c1. The average Bonchev–Trinajstić information content (AvgIpc) is 3.26. The number of hydrogen-bond donors (Lipinski definition) is 0. The third kappa shape index (κ3) is 7.34. The van der Waals surface area contributed by atoms with Gasteiger partial charge in [-0.15, -0.1) is 11.3 Å². The first-order valence-corrected chi connectivity index (χ1v) is 11.2. The van der Waals surface area contributed by atoms with Crippen LogP contribution in [0.1, 0.15) is 50.6 Å². The van der Waals surface area contributed by atoms with Gasteiger partial charge in [-0.25, -0.2) is 4.98 Å². The van der Waals surface area contributed by atoms with Crippen molar-refractivity contribution in [3.63, 3.8) is 0 Å². The molecule has 6 heteroatoms. The van der Waals surface area contributed by atoms with E-state index < -0.39 is 0 Å². The van der Waals surface area contributed by atoms with Gasteiger partial charge in [-0.05, 0) is 69.9 Å². The zero-order valence-corrected chi connectivity index (χ0v) is 19.4. The van der Waals surface area contributed by atoms with Gasteiger partial charge in [0.25, 0.3) is 0 Å². The Morgan fingerprint density at radius 1 is 1.13 bits per heavy atom. The Morgan fingerprint density at radius 2 is 1.87 bits per heavy atom. The molecule has 0 aliphatic carbocycles. The molecule has 1 saturated heterocycles. The summed E-state index contributed by atoms with van der Waals surface area (Å²) in [6.07, 6.45) is 6.71. The number of nitrogens with zero attached hydrogens (tertiary/aromatic N) is 3. The van der Waals surface area contributed by atoms with Gasteiger partial charge in [0, 0.05) is 37.5 Å². The van der Waals surface area contributed by atoms with Crippen LogP contribution >= 0.6 is 11.3 Å². The van der Waals surface area contributed by atoms with E-state index in [0.717, 1.165) is 48.4 Å². The smallest absolute Gasteiger partial charge is 0.222 e. The van der Waals surface area contributed by atoms with Crippen LogP contribution < -0.4 is 0 Å². The van der Waals surface area contributed by atoms with E-state index in [1.54, 1.807) is 11.3 Å². The van der Waals surface area contributed by atoms with Crippen LogP contribution in [0.25, 0.3) is 21.3 Å². The molecule has 2 aromatic heterocycles. The Morgan fingerprint density at radius 3 is 2.47 bits per heavy atom. The lowest BCUT2D eigenvalue weighted by Gasteiger charge is -2.12. The van der Waals surface area contributed by atoms with E-state index in [9.17, 15) is 9.59 Å². The second-order valence-corrected chi connectivity index (χ2v) is 8.79. The Bertz CT molecular complexity index is 993. The molecule has 1 fully saturated rings.